The number of aliphatic hydroxyl groups is 1. The van der Waals surface area contributed by atoms with E-state index in [9.17, 15) is 15.2 Å². The second-order valence-electron chi connectivity index (χ2n) is 10.4. The largest absolute Gasteiger partial charge is 0.493 e. The number of aliphatic hydroxyl groups excluding tert-OH is 1. The van der Waals surface area contributed by atoms with Crippen molar-refractivity contribution in [2.75, 3.05) is 39.6 Å². The lowest BCUT2D eigenvalue weighted by Crippen LogP contribution is -2.45. The van der Waals surface area contributed by atoms with E-state index in [0.29, 0.717) is 30.2 Å². The molecular formula is C31H38ClN5O4. The number of fused-ring (bicyclic) bond motifs is 1. The first-order chi connectivity index (χ1) is 19.9. The van der Waals surface area contributed by atoms with E-state index in [1.165, 1.54) is 0 Å². The third-order valence-electron chi connectivity index (χ3n) is 7.73. The molecule has 0 fully saturated rings. The quantitative estimate of drug-likeness (QED) is 0.176. The lowest BCUT2D eigenvalue weighted by atomic mass is 9.76. The Balaban J connectivity index is 1.26. The van der Waals surface area contributed by atoms with E-state index in [1.54, 1.807) is 31.4 Å². The van der Waals surface area contributed by atoms with Crippen LogP contribution in [0.1, 0.15) is 61.3 Å². The van der Waals surface area contributed by atoms with Gasteiger partial charge in [0.25, 0.3) is 0 Å². The maximum Gasteiger partial charge on any atom is 0.246 e. The van der Waals surface area contributed by atoms with Gasteiger partial charge in [0.15, 0.2) is 11.5 Å². The summed E-state index contributed by atoms with van der Waals surface area (Å²) in [6.07, 6.45) is 8.70. The number of hydrogen-bond acceptors (Lipinski definition) is 8. The van der Waals surface area contributed by atoms with Crippen molar-refractivity contribution in [3.63, 3.8) is 0 Å². The number of nitriles is 1. The number of allylic oxidation sites excluding steroid dienone is 2. The van der Waals surface area contributed by atoms with Crippen LogP contribution in [-0.4, -0.2) is 55.6 Å². The molecule has 0 spiro atoms. The van der Waals surface area contributed by atoms with E-state index < -0.39 is 6.10 Å². The van der Waals surface area contributed by atoms with Gasteiger partial charge >= 0.3 is 0 Å². The normalized spacial score (nSPS) is 18.9. The molecule has 2 aromatic carbocycles. The van der Waals surface area contributed by atoms with E-state index in [-0.39, 0.29) is 34.0 Å². The smallest absolute Gasteiger partial charge is 0.246 e. The van der Waals surface area contributed by atoms with Gasteiger partial charge < -0.3 is 25.6 Å². The number of nitrogens with two attached hydrogens (primary N) is 1. The second-order valence-corrected chi connectivity index (χ2v) is 10.8. The van der Waals surface area contributed by atoms with Gasteiger partial charge in [0.1, 0.15) is 6.07 Å². The summed E-state index contributed by atoms with van der Waals surface area (Å²) in [4.78, 5) is 13.3. The Morgan fingerprint density at radius 1 is 1.12 bits per heavy atom. The predicted octanol–water partition coefficient (Wildman–Crippen LogP) is 4.82. The lowest BCUT2D eigenvalue weighted by molar-refractivity contribution is -0.137. The minimum absolute atomic E-state index is 0.0547. The van der Waals surface area contributed by atoms with Crippen LogP contribution in [0.15, 0.2) is 47.6 Å². The van der Waals surface area contributed by atoms with Gasteiger partial charge in [-0.2, -0.15) is 10.4 Å². The average molecular weight is 580 g/mol. The number of methoxy groups -OCH3 is 2. The van der Waals surface area contributed by atoms with Gasteiger partial charge in [0.2, 0.25) is 5.91 Å². The number of carbonyl (C=O) groups is 1. The van der Waals surface area contributed by atoms with E-state index in [2.05, 4.69) is 17.5 Å². The summed E-state index contributed by atoms with van der Waals surface area (Å²) < 4.78 is 10.9. The number of hydrogen-bond donors (Lipinski definition) is 3. The molecule has 0 bridgehead atoms. The number of benzene rings is 2. The number of nitrogens with zero attached hydrogens (tertiary/aromatic N) is 3. The van der Waals surface area contributed by atoms with Crippen molar-refractivity contribution in [3.8, 4) is 17.6 Å². The number of hydrazone groups is 1. The molecular weight excluding hydrogens is 542 g/mol. The molecule has 0 radical (unpaired) electrons. The first-order valence-corrected chi connectivity index (χ1v) is 14.4. The van der Waals surface area contributed by atoms with E-state index in [1.807, 2.05) is 24.3 Å². The monoisotopic (exact) mass is 579 g/mol. The molecule has 0 aromatic heterocycles. The predicted molar refractivity (Wildman–Crippen MR) is 160 cm³/mol. The Morgan fingerprint density at radius 3 is 2.59 bits per heavy atom. The topological polar surface area (TPSA) is 133 Å². The van der Waals surface area contributed by atoms with Gasteiger partial charge in [0.05, 0.1) is 48.2 Å². The number of anilines is 1. The van der Waals surface area contributed by atoms with Crippen molar-refractivity contribution in [2.24, 2.45) is 16.9 Å². The molecule has 1 unspecified atom stereocenters. The molecule has 10 heteroatoms. The van der Waals surface area contributed by atoms with Crippen molar-refractivity contribution in [2.45, 2.75) is 44.6 Å². The molecule has 0 saturated heterocycles. The van der Waals surface area contributed by atoms with Gasteiger partial charge in [-0.1, -0.05) is 36.6 Å². The highest BCUT2D eigenvalue weighted by Gasteiger charge is 2.40. The lowest BCUT2D eigenvalue weighted by Gasteiger charge is -2.37. The van der Waals surface area contributed by atoms with Crippen LogP contribution in [0.4, 0.5) is 5.69 Å². The van der Waals surface area contributed by atoms with E-state index in [0.717, 1.165) is 56.3 Å². The molecule has 4 rings (SSSR count). The Bertz CT molecular complexity index is 1340. The number of rotatable bonds is 13. The van der Waals surface area contributed by atoms with Crippen LogP contribution in [0, 0.1) is 23.2 Å². The van der Waals surface area contributed by atoms with Crippen LogP contribution in [0.5, 0.6) is 11.5 Å². The maximum atomic E-state index is 13.3. The van der Waals surface area contributed by atoms with Crippen LogP contribution in [0.2, 0.25) is 5.02 Å². The zero-order valence-electron chi connectivity index (χ0n) is 23.6. The van der Waals surface area contributed by atoms with Gasteiger partial charge in [-0.3, -0.25) is 4.79 Å². The van der Waals surface area contributed by atoms with Crippen LogP contribution < -0.4 is 20.5 Å². The van der Waals surface area contributed by atoms with Crippen molar-refractivity contribution in [1.29, 1.82) is 5.26 Å². The van der Waals surface area contributed by atoms with Crippen LogP contribution in [0.3, 0.4) is 0 Å². The third-order valence-corrected chi connectivity index (χ3v) is 8.04. The number of ether oxygens (including phenoxy) is 2. The fourth-order valence-electron chi connectivity index (χ4n) is 5.41. The molecule has 9 nitrogen and oxygen atoms in total. The molecule has 1 heterocycles. The van der Waals surface area contributed by atoms with E-state index in [4.69, 9.17) is 31.9 Å². The zero-order valence-corrected chi connectivity index (χ0v) is 24.4. The molecule has 4 N–H and O–H groups in total. The molecule has 41 heavy (non-hydrogen) atoms. The Hall–Kier alpha value is -3.58. The fourth-order valence-corrected chi connectivity index (χ4v) is 5.64. The highest BCUT2D eigenvalue weighted by atomic mass is 35.5. The number of unbranched alkanes of at least 4 members (excludes halogenated alkanes) is 3. The minimum atomic E-state index is -0.790. The van der Waals surface area contributed by atoms with Crippen LogP contribution >= 0.6 is 11.6 Å². The van der Waals surface area contributed by atoms with E-state index >= 15 is 0 Å². The molecule has 1 amide bonds. The number of nitrogen functional groups attached to an aromatic ring is 1. The SMILES string of the molecule is COc1ccc(C2=NN(CCCCCCNCC(O)c3cc(Cl)c(N)c(C#N)c3)C(=O)[C@H]3CC=CC[C@@H]23)cc1OC. The summed E-state index contributed by atoms with van der Waals surface area (Å²) in [5, 5.41) is 29.7. The highest BCUT2D eigenvalue weighted by Crippen LogP contribution is 2.37. The first-order valence-electron chi connectivity index (χ1n) is 14.0. The van der Waals surface area contributed by atoms with Gasteiger partial charge in [-0.05, 0) is 68.1 Å². The van der Waals surface area contributed by atoms with Gasteiger partial charge in [-0.25, -0.2) is 5.01 Å². The fraction of sp³-hybridized carbons (Fsp3) is 0.452. The number of nitrogens with one attached hydrogen (secondary N) is 1. The summed E-state index contributed by atoms with van der Waals surface area (Å²) in [7, 11) is 3.23. The van der Waals surface area contributed by atoms with Crippen molar-refractivity contribution >= 4 is 28.9 Å². The Labute approximate surface area is 246 Å². The molecule has 2 aliphatic rings. The standard InChI is InChI=1S/C31H38ClN5O4/c1-40-27-12-11-20(17-28(27)41-2)30-23-9-5-6-10-24(23)31(39)37(36-30)14-8-4-3-7-13-35-19-26(38)21-15-22(18-33)29(34)25(32)16-21/h5-6,11-12,15-17,23-24,26,35,38H,3-4,7-10,13-14,19,34H2,1-2H3/t23-,24+,26?/m1/s1. The first kappa shape index (κ1) is 30.4. The summed E-state index contributed by atoms with van der Waals surface area (Å²) >= 11 is 6.08. The summed E-state index contributed by atoms with van der Waals surface area (Å²) in [5.74, 6) is 1.36. The van der Waals surface area contributed by atoms with Crippen molar-refractivity contribution in [3.05, 3.63) is 64.2 Å². The molecule has 0 saturated carbocycles. The number of amides is 1. The number of halogens is 1. The van der Waals surface area contributed by atoms with Crippen molar-refractivity contribution in [1.82, 2.24) is 10.3 Å². The number of carbonyl (C=O) groups excluding carboxylic acids is 1. The van der Waals surface area contributed by atoms with Crippen LogP contribution in [0.25, 0.3) is 0 Å². The van der Waals surface area contributed by atoms with Gasteiger partial charge in [-0.15, -0.1) is 0 Å². The molecule has 1 aliphatic carbocycles. The molecule has 1 aliphatic heterocycles. The summed E-state index contributed by atoms with van der Waals surface area (Å²) in [6.45, 7) is 1.66. The molecule has 3 atom stereocenters. The van der Waals surface area contributed by atoms with Crippen molar-refractivity contribution < 1.29 is 19.4 Å². The molecule has 218 valence electrons. The average Bonchev–Trinajstić information content (AvgIpc) is 3.00. The summed E-state index contributed by atoms with van der Waals surface area (Å²) in [6, 6.07) is 11.0. The zero-order chi connectivity index (χ0) is 29.4. The maximum absolute atomic E-state index is 13.3. The van der Waals surface area contributed by atoms with Gasteiger partial charge in [0, 0.05) is 24.6 Å². The highest BCUT2D eigenvalue weighted by molar-refractivity contribution is 6.33. The Morgan fingerprint density at radius 2 is 1.85 bits per heavy atom. The second kappa shape index (κ2) is 14.4. The third kappa shape index (κ3) is 7.20. The molecule has 2 aromatic rings. The van der Waals surface area contributed by atoms with Crippen LogP contribution in [-0.2, 0) is 4.79 Å². The Kier molecular flexibility index (Phi) is 10.6. The minimum Gasteiger partial charge on any atom is -0.493 e. The summed E-state index contributed by atoms with van der Waals surface area (Å²) in [5.41, 5.74) is 8.70.